The summed E-state index contributed by atoms with van der Waals surface area (Å²) in [5.41, 5.74) is 3.97. The molecule has 0 aliphatic carbocycles. The quantitative estimate of drug-likeness (QED) is 0.622. The fourth-order valence-corrected chi connectivity index (χ4v) is 3.55. The summed E-state index contributed by atoms with van der Waals surface area (Å²) in [5.74, 6) is -2.44. The molecular weight excluding hydrogens is 357 g/mol. The van der Waals surface area contributed by atoms with Gasteiger partial charge in [0, 0.05) is 18.8 Å². The van der Waals surface area contributed by atoms with Gasteiger partial charge in [-0.25, -0.2) is 5.48 Å². The predicted molar refractivity (Wildman–Crippen MR) is 95.6 cm³/mol. The second-order valence-electron chi connectivity index (χ2n) is 6.71. The smallest absolute Gasteiger partial charge is 0.372 e. The van der Waals surface area contributed by atoms with Crippen LogP contribution in [0.4, 0.5) is 18.9 Å². The summed E-state index contributed by atoms with van der Waals surface area (Å²) in [6.07, 6.45) is -3.95. The number of carbonyl (C=O) groups is 1. The highest BCUT2D eigenvalue weighted by molar-refractivity contribution is 5.86. The van der Waals surface area contributed by atoms with Crippen molar-refractivity contribution in [1.29, 1.82) is 0 Å². The van der Waals surface area contributed by atoms with Crippen LogP contribution in [-0.2, 0) is 4.79 Å². The lowest BCUT2D eigenvalue weighted by molar-refractivity contribution is -0.179. The van der Waals surface area contributed by atoms with E-state index in [4.69, 9.17) is 5.21 Å². The monoisotopic (exact) mass is 378 g/mol. The molecule has 4 nitrogen and oxygen atoms in total. The molecule has 0 saturated carbocycles. The van der Waals surface area contributed by atoms with Crippen LogP contribution in [0.1, 0.15) is 29.9 Å². The molecular formula is C20H21F3N2O2. The van der Waals surface area contributed by atoms with E-state index in [-0.39, 0.29) is 12.8 Å². The minimum atomic E-state index is -4.13. The molecule has 2 N–H and O–H groups in total. The van der Waals surface area contributed by atoms with Crippen LogP contribution in [0.3, 0.4) is 0 Å². The summed E-state index contributed by atoms with van der Waals surface area (Å²) in [6.45, 7) is 0.700. The van der Waals surface area contributed by atoms with Crippen molar-refractivity contribution in [2.75, 3.05) is 18.0 Å². The van der Waals surface area contributed by atoms with Crippen LogP contribution in [0.5, 0.6) is 0 Å². The average molecular weight is 378 g/mol. The van der Waals surface area contributed by atoms with E-state index in [1.165, 1.54) is 0 Å². The highest BCUT2D eigenvalue weighted by atomic mass is 19.4. The Bertz CT molecular complexity index is 755. The number of alkyl halides is 3. The minimum Gasteiger partial charge on any atom is -0.372 e. The fraction of sp³-hybridized carbons (Fsp3) is 0.350. The summed E-state index contributed by atoms with van der Waals surface area (Å²) in [5, 5.41) is 9.08. The first kappa shape index (κ1) is 19.2. The first-order valence-corrected chi connectivity index (χ1v) is 8.80. The molecule has 2 aromatic rings. The molecule has 2 aromatic carbocycles. The van der Waals surface area contributed by atoms with Crippen molar-refractivity contribution in [2.24, 2.45) is 5.92 Å². The number of carbonyl (C=O) groups excluding carboxylic acids is 1. The van der Waals surface area contributed by atoms with Crippen LogP contribution >= 0.6 is 0 Å². The summed E-state index contributed by atoms with van der Waals surface area (Å²) in [7, 11) is 0. The summed E-state index contributed by atoms with van der Waals surface area (Å²) >= 11 is 0. The molecule has 1 heterocycles. The lowest BCUT2D eigenvalue weighted by Crippen LogP contribution is -2.39. The highest BCUT2D eigenvalue weighted by Crippen LogP contribution is 2.35. The molecule has 0 spiro atoms. The van der Waals surface area contributed by atoms with E-state index in [2.05, 4.69) is 0 Å². The van der Waals surface area contributed by atoms with Crippen LogP contribution in [0, 0.1) is 5.92 Å². The van der Waals surface area contributed by atoms with Crippen LogP contribution < -0.4 is 10.4 Å². The van der Waals surface area contributed by atoms with E-state index in [1.807, 2.05) is 35.2 Å². The molecule has 27 heavy (non-hydrogen) atoms. The van der Waals surface area contributed by atoms with Gasteiger partial charge in [0.25, 0.3) is 5.91 Å². The Morgan fingerprint density at radius 2 is 1.56 bits per heavy atom. The molecule has 1 atom stereocenters. The van der Waals surface area contributed by atoms with Crippen molar-refractivity contribution >= 4 is 11.6 Å². The van der Waals surface area contributed by atoms with Gasteiger partial charge in [0.1, 0.15) is 0 Å². The third kappa shape index (κ3) is 4.42. The maximum Gasteiger partial charge on any atom is 0.391 e. The highest BCUT2D eigenvalue weighted by Gasteiger charge is 2.41. The number of hydrogen-bond donors (Lipinski definition) is 2. The van der Waals surface area contributed by atoms with E-state index >= 15 is 0 Å². The molecule has 1 aliphatic rings. The number of rotatable bonds is 4. The number of piperidine rings is 1. The molecule has 7 heteroatoms. The molecule has 0 radical (unpaired) electrons. The minimum absolute atomic E-state index is 0.0881. The number of halogens is 3. The maximum absolute atomic E-state index is 12.8. The standard InChI is InChI=1S/C20H21F3N2O2/c21-20(22,23)16-10-12-25(13-11-16)17-8-6-15(7-9-17)18(19(26)24-27)14-4-2-1-3-5-14/h1-9,16,18,27H,10-13H2,(H,24,26). The zero-order valence-electron chi connectivity index (χ0n) is 14.6. The van der Waals surface area contributed by atoms with Crippen molar-refractivity contribution < 1.29 is 23.2 Å². The van der Waals surface area contributed by atoms with Crippen molar-refractivity contribution in [3.63, 3.8) is 0 Å². The number of nitrogens with one attached hydrogen (secondary N) is 1. The molecule has 1 aliphatic heterocycles. The van der Waals surface area contributed by atoms with Gasteiger partial charge in [0.15, 0.2) is 0 Å². The normalized spacial score (nSPS) is 16.8. The molecule has 144 valence electrons. The Hall–Kier alpha value is -2.54. The van der Waals surface area contributed by atoms with Gasteiger partial charge in [-0.2, -0.15) is 13.2 Å². The van der Waals surface area contributed by atoms with Crippen LogP contribution in [-0.4, -0.2) is 30.4 Å². The number of hydrogen-bond acceptors (Lipinski definition) is 3. The van der Waals surface area contributed by atoms with Crippen molar-refractivity contribution in [2.45, 2.75) is 24.9 Å². The Morgan fingerprint density at radius 1 is 1.00 bits per heavy atom. The third-order valence-corrected chi connectivity index (χ3v) is 5.05. The Kier molecular flexibility index (Phi) is 5.70. The summed E-state index contributed by atoms with van der Waals surface area (Å²) in [6, 6.07) is 16.2. The summed E-state index contributed by atoms with van der Waals surface area (Å²) in [4.78, 5) is 14.1. The van der Waals surface area contributed by atoms with E-state index in [0.717, 1.165) is 11.3 Å². The van der Waals surface area contributed by atoms with Gasteiger partial charge in [-0.3, -0.25) is 10.0 Å². The molecule has 3 rings (SSSR count). The van der Waals surface area contributed by atoms with Crippen LogP contribution in [0.15, 0.2) is 54.6 Å². The first-order valence-electron chi connectivity index (χ1n) is 8.80. The van der Waals surface area contributed by atoms with E-state index in [0.29, 0.717) is 18.7 Å². The van der Waals surface area contributed by atoms with Crippen molar-refractivity contribution in [1.82, 2.24) is 5.48 Å². The van der Waals surface area contributed by atoms with Gasteiger partial charge >= 0.3 is 6.18 Å². The van der Waals surface area contributed by atoms with Crippen molar-refractivity contribution in [3.8, 4) is 0 Å². The fourth-order valence-electron chi connectivity index (χ4n) is 3.55. The largest absolute Gasteiger partial charge is 0.391 e. The second-order valence-corrected chi connectivity index (χ2v) is 6.71. The summed E-state index contributed by atoms with van der Waals surface area (Å²) < 4.78 is 38.4. The number of anilines is 1. The molecule has 1 unspecified atom stereocenters. The van der Waals surface area contributed by atoms with Crippen molar-refractivity contribution in [3.05, 3.63) is 65.7 Å². The van der Waals surface area contributed by atoms with Gasteiger partial charge in [-0.15, -0.1) is 0 Å². The lowest BCUT2D eigenvalue weighted by Gasteiger charge is -2.34. The molecule has 1 fully saturated rings. The number of hydroxylamine groups is 1. The first-order chi connectivity index (χ1) is 12.9. The molecule has 1 amide bonds. The van der Waals surface area contributed by atoms with Gasteiger partial charge in [-0.05, 0) is 36.1 Å². The average Bonchev–Trinajstić information content (AvgIpc) is 2.69. The van der Waals surface area contributed by atoms with Gasteiger partial charge in [0.05, 0.1) is 11.8 Å². The maximum atomic E-state index is 12.8. The van der Waals surface area contributed by atoms with E-state index in [1.54, 1.807) is 29.7 Å². The van der Waals surface area contributed by atoms with Crippen LogP contribution in [0.2, 0.25) is 0 Å². The molecule has 1 saturated heterocycles. The second kappa shape index (κ2) is 8.00. The molecule has 0 aromatic heterocycles. The predicted octanol–water partition coefficient (Wildman–Crippen LogP) is 4.10. The SMILES string of the molecule is O=C(NO)C(c1ccccc1)c1ccc(N2CCC(C(F)(F)F)CC2)cc1. The number of benzene rings is 2. The van der Waals surface area contributed by atoms with E-state index < -0.39 is 23.9 Å². The Morgan fingerprint density at radius 3 is 2.07 bits per heavy atom. The number of nitrogens with zero attached hydrogens (tertiary/aromatic N) is 1. The Balaban J connectivity index is 1.75. The zero-order valence-corrected chi connectivity index (χ0v) is 14.6. The van der Waals surface area contributed by atoms with Gasteiger partial charge in [-0.1, -0.05) is 42.5 Å². The third-order valence-electron chi connectivity index (χ3n) is 5.05. The van der Waals surface area contributed by atoms with Gasteiger partial charge in [0.2, 0.25) is 0 Å². The number of amides is 1. The zero-order chi connectivity index (χ0) is 19.4. The lowest BCUT2D eigenvalue weighted by atomic mass is 9.90. The Labute approximate surface area is 155 Å². The molecule has 0 bridgehead atoms. The van der Waals surface area contributed by atoms with Gasteiger partial charge < -0.3 is 4.90 Å². The van der Waals surface area contributed by atoms with Crippen LogP contribution in [0.25, 0.3) is 0 Å². The van der Waals surface area contributed by atoms with E-state index in [9.17, 15) is 18.0 Å². The topological polar surface area (TPSA) is 52.6 Å².